The fourth-order valence-electron chi connectivity index (χ4n) is 1.19. The van der Waals surface area contributed by atoms with Gasteiger partial charge in [0.2, 0.25) is 0 Å². The maximum absolute atomic E-state index is 4.27. The van der Waals surface area contributed by atoms with Crippen molar-refractivity contribution >= 4 is 0 Å². The minimum absolute atomic E-state index is 0.510. The van der Waals surface area contributed by atoms with Crippen LogP contribution in [0.15, 0.2) is 0 Å². The standard InChI is InChI=1S/C7H16N3/c1-7(8-2)10-5-3-9-4-6-10/h7-8H,3-6H2,1-2H3. The molecule has 0 aromatic rings. The van der Waals surface area contributed by atoms with E-state index in [9.17, 15) is 0 Å². The molecule has 1 rings (SSSR count). The van der Waals surface area contributed by atoms with Crippen molar-refractivity contribution in [2.24, 2.45) is 0 Å². The number of hydrogen-bond donors (Lipinski definition) is 1. The van der Waals surface area contributed by atoms with E-state index in [2.05, 4.69) is 22.5 Å². The van der Waals surface area contributed by atoms with E-state index < -0.39 is 0 Å². The largest absolute Gasteiger partial charge is 0.305 e. The molecule has 59 valence electrons. The van der Waals surface area contributed by atoms with Crippen molar-refractivity contribution in [3.8, 4) is 0 Å². The second kappa shape index (κ2) is 3.91. The van der Waals surface area contributed by atoms with Crippen LogP contribution in [0.2, 0.25) is 0 Å². The SMILES string of the molecule is CNC(C)N1CC[N]CC1. The molecule has 1 fully saturated rings. The van der Waals surface area contributed by atoms with Gasteiger partial charge in [-0.2, -0.15) is 0 Å². The summed E-state index contributed by atoms with van der Waals surface area (Å²) in [6, 6.07) is 0. The van der Waals surface area contributed by atoms with Crippen molar-refractivity contribution in [2.75, 3.05) is 33.2 Å². The number of nitrogens with zero attached hydrogens (tertiary/aromatic N) is 2. The van der Waals surface area contributed by atoms with Crippen molar-refractivity contribution in [3.63, 3.8) is 0 Å². The van der Waals surface area contributed by atoms with E-state index in [1.54, 1.807) is 0 Å². The molecule has 0 saturated carbocycles. The molecule has 3 heteroatoms. The highest BCUT2D eigenvalue weighted by molar-refractivity contribution is 4.70. The Hall–Kier alpha value is -0.120. The molecule has 0 bridgehead atoms. The van der Waals surface area contributed by atoms with Crippen LogP contribution in [0.1, 0.15) is 6.92 Å². The summed E-state index contributed by atoms with van der Waals surface area (Å²) in [5.41, 5.74) is 0. The van der Waals surface area contributed by atoms with Crippen LogP contribution in [-0.4, -0.2) is 44.3 Å². The maximum atomic E-state index is 4.27. The summed E-state index contributed by atoms with van der Waals surface area (Å²) < 4.78 is 0. The normalized spacial score (nSPS) is 24.6. The van der Waals surface area contributed by atoms with Gasteiger partial charge in [0.15, 0.2) is 0 Å². The van der Waals surface area contributed by atoms with Gasteiger partial charge >= 0.3 is 0 Å². The zero-order valence-electron chi connectivity index (χ0n) is 6.80. The molecule has 0 amide bonds. The zero-order valence-corrected chi connectivity index (χ0v) is 6.80. The third kappa shape index (κ3) is 1.94. The van der Waals surface area contributed by atoms with Gasteiger partial charge in [-0.05, 0) is 14.0 Å². The minimum Gasteiger partial charge on any atom is -0.305 e. The Labute approximate surface area is 62.8 Å². The predicted molar refractivity (Wildman–Crippen MR) is 42.0 cm³/mol. The summed E-state index contributed by atoms with van der Waals surface area (Å²) in [4.78, 5) is 2.41. The van der Waals surface area contributed by atoms with Crippen molar-refractivity contribution in [2.45, 2.75) is 13.1 Å². The lowest BCUT2D eigenvalue weighted by molar-refractivity contribution is 0.163. The smallest absolute Gasteiger partial charge is 0.0566 e. The van der Waals surface area contributed by atoms with Crippen molar-refractivity contribution in [1.29, 1.82) is 0 Å². The number of hydrogen-bond acceptors (Lipinski definition) is 2. The van der Waals surface area contributed by atoms with Gasteiger partial charge in [-0.25, -0.2) is 5.32 Å². The molecule has 1 aliphatic heterocycles. The molecule has 0 aliphatic carbocycles. The third-order valence-corrected chi connectivity index (χ3v) is 2.06. The quantitative estimate of drug-likeness (QED) is 0.562. The fourth-order valence-corrected chi connectivity index (χ4v) is 1.19. The first kappa shape index (κ1) is 7.98. The molecule has 0 spiro atoms. The third-order valence-electron chi connectivity index (χ3n) is 2.06. The van der Waals surface area contributed by atoms with E-state index >= 15 is 0 Å². The first-order valence-corrected chi connectivity index (χ1v) is 3.89. The van der Waals surface area contributed by atoms with Crippen LogP contribution in [0.3, 0.4) is 0 Å². The van der Waals surface area contributed by atoms with Gasteiger partial charge in [0.25, 0.3) is 0 Å². The van der Waals surface area contributed by atoms with E-state index in [0.29, 0.717) is 6.17 Å². The van der Waals surface area contributed by atoms with E-state index in [1.807, 2.05) is 7.05 Å². The van der Waals surface area contributed by atoms with Crippen LogP contribution in [0.4, 0.5) is 0 Å². The van der Waals surface area contributed by atoms with Gasteiger partial charge in [-0.15, -0.1) is 0 Å². The number of rotatable bonds is 2. The van der Waals surface area contributed by atoms with Crippen LogP contribution in [-0.2, 0) is 0 Å². The van der Waals surface area contributed by atoms with Gasteiger partial charge < -0.3 is 5.32 Å². The highest BCUT2D eigenvalue weighted by Gasteiger charge is 2.14. The van der Waals surface area contributed by atoms with Crippen molar-refractivity contribution < 1.29 is 0 Å². The first-order chi connectivity index (χ1) is 4.84. The molecule has 1 unspecified atom stereocenters. The highest BCUT2D eigenvalue weighted by atomic mass is 15.3. The fraction of sp³-hybridized carbons (Fsp3) is 1.00. The topological polar surface area (TPSA) is 29.4 Å². The van der Waals surface area contributed by atoms with Crippen molar-refractivity contribution in [3.05, 3.63) is 0 Å². The lowest BCUT2D eigenvalue weighted by Gasteiger charge is -2.31. The van der Waals surface area contributed by atoms with Gasteiger partial charge in [0, 0.05) is 26.2 Å². The number of piperazine rings is 1. The molecule has 0 aromatic carbocycles. The van der Waals surface area contributed by atoms with Crippen LogP contribution >= 0.6 is 0 Å². The maximum Gasteiger partial charge on any atom is 0.0566 e. The molecule has 3 nitrogen and oxygen atoms in total. The molecule has 10 heavy (non-hydrogen) atoms. The molecule has 1 heterocycles. The summed E-state index contributed by atoms with van der Waals surface area (Å²) >= 11 is 0. The molecule has 1 radical (unpaired) electrons. The summed E-state index contributed by atoms with van der Waals surface area (Å²) in [7, 11) is 2.00. The summed E-state index contributed by atoms with van der Waals surface area (Å²) in [6.45, 7) is 6.42. The average molecular weight is 142 g/mol. The Morgan fingerprint density at radius 2 is 2.00 bits per heavy atom. The van der Waals surface area contributed by atoms with Gasteiger partial charge in [0.1, 0.15) is 0 Å². The van der Waals surface area contributed by atoms with Crippen LogP contribution in [0, 0.1) is 0 Å². The zero-order chi connectivity index (χ0) is 7.40. The van der Waals surface area contributed by atoms with E-state index in [4.69, 9.17) is 0 Å². The van der Waals surface area contributed by atoms with Crippen LogP contribution < -0.4 is 10.6 Å². The molecule has 1 aliphatic rings. The average Bonchev–Trinajstić information content (AvgIpc) is 2.05. The van der Waals surface area contributed by atoms with E-state index in [-0.39, 0.29) is 0 Å². The Morgan fingerprint density at radius 3 is 2.50 bits per heavy atom. The molecule has 1 atom stereocenters. The summed E-state index contributed by atoms with van der Waals surface area (Å²) in [6.07, 6.45) is 0.510. The summed E-state index contributed by atoms with van der Waals surface area (Å²) in [5.74, 6) is 0. The van der Waals surface area contributed by atoms with Crippen LogP contribution in [0.25, 0.3) is 0 Å². The molecular formula is C7H16N3. The monoisotopic (exact) mass is 142 g/mol. The van der Waals surface area contributed by atoms with Gasteiger partial charge in [-0.3, -0.25) is 4.90 Å². The second-order valence-electron chi connectivity index (χ2n) is 2.67. The Bertz CT molecular complexity index is 88.9. The first-order valence-electron chi connectivity index (χ1n) is 3.89. The Balaban J connectivity index is 2.24. The van der Waals surface area contributed by atoms with Gasteiger partial charge in [-0.1, -0.05) is 0 Å². The lowest BCUT2D eigenvalue weighted by Crippen LogP contribution is -2.49. The van der Waals surface area contributed by atoms with Crippen molar-refractivity contribution in [1.82, 2.24) is 15.5 Å². The molecule has 0 aromatic heterocycles. The Kier molecular flexibility index (Phi) is 3.12. The molecule has 1 saturated heterocycles. The predicted octanol–water partition coefficient (Wildman–Crippen LogP) is -0.528. The lowest BCUT2D eigenvalue weighted by atomic mass is 10.3. The number of nitrogens with one attached hydrogen (secondary N) is 1. The van der Waals surface area contributed by atoms with Crippen LogP contribution in [0.5, 0.6) is 0 Å². The highest BCUT2D eigenvalue weighted by Crippen LogP contribution is 1.96. The van der Waals surface area contributed by atoms with Gasteiger partial charge in [0.05, 0.1) is 6.17 Å². The second-order valence-corrected chi connectivity index (χ2v) is 2.67. The Morgan fingerprint density at radius 1 is 1.40 bits per heavy atom. The molecule has 1 N–H and O–H groups in total. The molecular weight excluding hydrogens is 126 g/mol. The summed E-state index contributed by atoms with van der Waals surface area (Å²) in [5, 5.41) is 7.49. The minimum atomic E-state index is 0.510. The van der Waals surface area contributed by atoms with E-state index in [1.165, 1.54) is 0 Å². The van der Waals surface area contributed by atoms with E-state index in [0.717, 1.165) is 26.2 Å².